The van der Waals surface area contributed by atoms with Gasteiger partial charge >= 0.3 is 0 Å². The monoisotopic (exact) mass is 273 g/mol. The van der Waals surface area contributed by atoms with E-state index in [1.54, 1.807) is 20.0 Å². The van der Waals surface area contributed by atoms with Gasteiger partial charge in [0.05, 0.1) is 18.4 Å². The van der Waals surface area contributed by atoms with Crippen LogP contribution in [0.2, 0.25) is 0 Å². The van der Waals surface area contributed by atoms with Gasteiger partial charge in [-0.2, -0.15) is 0 Å². The van der Waals surface area contributed by atoms with Crippen molar-refractivity contribution in [2.45, 2.75) is 26.3 Å². The van der Waals surface area contributed by atoms with Crippen LogP contribution in [0, 0.1) is 5.92 Å². The number of carboxylic acid groups (broad SMARTS) is 1. The highest BCUT2D eigenvalue weighted by Crippen LogP contribution is 2.18. The number of rotatable bonds is 5. The van der Waals surface area contributed by atoms with Crippen LogP contribution in [0.1, 0.15) is 19.4 Å². The van der Waals surface area contributed by atoms with E-state index < -0.39 is 12.0 Å². The molecule has 0 aliphatic carbocycles. The van der Waals surface area contributed by atoms with E-state index in [0.717, 1.165) is 16.5 Å². The number of carbonyl (C=O) groups is 2. The number of nitrogens with one attached hydrogen (secondary N) is 2. The van der Waals surface area contributed by atoms with Crippen LogP contribution in [0.3, 0.4) is 0 Å². The highest BCUT2D eigenvalue weighted by Gasteiger charge is 2.18. The molecule has 0 saturated carbocycles. The first-order valence-corrected chi connectivity index (χ1v) is 6.54. The zero-order chi connectivity index (χ0) is 14.7. The number of aromatic amines is 1. The summed E-state index contributed by atoms with van der Waals surface area (Å²) in [6.45, 7) is 3.46. The van der Waals surface area contributed by atoms with Gasteiger partial charge in [-0.1, -0.05) is 32.0 Å². The van der Waals surface area contributed by atoms with Gasteiger partial charge in [0, 0.05) is 17.1 Å². The molecule has 0 fully saturated rings. The molecule has 1 aromatic carbocycles. The summed E-state index contributed by atoms with van der Waals surface area (Å²) in [5.41, 5.74) is 1.80. The van der Waals surface area contributed by atoms with E-state index in [0.29, 0.717) is 0 Å². The third kappa shape index (κ3) is 2.99. The predicted molar refractivity (Wildman–Crippen MR) is 73.8 cm³/mol. The maximum Gasteiger partial charge on any atom is 0.225 e. The Morgan fingerprint density at radius 2 is 2.00 bits per heavy atom. The second-order valence-corrected chi connectivity index (χ2v) is 5.14. The first-order valence-electron chi connectivity index (χ1n) is 6.54. The number of carboxylic acids is 1. The van der Waals surface area contributed by atoms with E-state index in [2.05, 4.69) is 10.3 Å². The van der Waals surface area contributed by atoms with Gasteiger partial charge in [-0.3, -0.25) is 4.79 Å². The minimum absolute atomic E-state index is 0.139. The molecule has 1 amide bonds. The van der Waals surface area contributed by atoms with Gasteiger partial charge in [0.15, 0.2) is 0 Å². The summed E-state index contributed by atoms with van der Waals surface area (Å²) in [4.78, 5) is 26.0. The summed E-state index contributed by atoms with van der Waals surface area (Å²) in [6.07, 6.45) is 1.91. The van der Waals surface area contributed by atoms with Crippen LogP contribution in [0.15, 0.2) is 30.5 Å². The second kappa shape index (κ2) is 5.77. The maximum absolute atomic E-state index is 12.0. The number of aromatic nitrogens is 1. The number of amides is 1. The first-order chi connectivity index (χ1) is 9.49. The van der Waals surface area contributed by atoms with Crippen molar-refractivity contribution in [3.8, 4) is 0 Å². The molecule has 1 atom stereocenters. The van der Waals surface area contributed by atoms with Crippen molar-refractivity contribution in [1.82, 2.24) is 10.3 Å². The van der Waals surface area contributed by atoms with Crippen molar-refractivity contribution in [2.75, 3.05) is 0 Å². The molecule has 0 spiro atoms. The van der Waals surface area contributed by atoms with Gasteiger partial charge in [-0.25, -0.2) is 0 Å². The average Bonchev–Trinajstić information content (AvgIpc) is 2.79. The molecule has 5 heteroatoms. The van der Waals surface area contributed by atoms with E-state index in [1.807, 2.05) is 24.3 Å². The molecule has 0 bridgehead atoms. The van der Waals surface area contributed by atoms with Gasteiger partial charge < -0.3 is 20.2 Å². The Morgan fingerprint density at radius 3 is 2.65 bits per heavy atom. The Labute approximate surface area is 117 Å². The molecule has 2 N–H and O–H groups in total. The van der Waals surface area contributed by atoms with Crippen molar-refractivity contribution >= 4 is 22.8 Å². The lowest BCUT2D eigenvalue weighted by molar-refractivity contribution is -0.309. The molecule has 0 aliphatic heterocycles. The molecule has 0 saturated heterocycles. The van der Waals surface area contributed by atoms with Crippen molar-refractivity contribution in [2.24, 2.45) is 5.92 Å². The zero-order valence-corrected chi connectivity index (χ0v) is 11.5. The largest absolute Gasteiger partial charge is 0.548 e. The lowest BCUT2D eigenvalue weighted by Gasteiger charge is -2.23. The minimum Gasteiger partial charge on any atom is -0.548 e. The van der Waals surface area contributed by atoms with Crippen LogP contribution in [-0.2, 0) is 16.0 Å². The fourth-order valence-corrected chi connectivity index (χ4v) is 2.17. The summed E-state index contributed by atoms with van der Waals surface area (Å²) in [6, 6.07) is 6.69. The van der Waals surface area contributed by atoms with Crippen LogP contribution in [-0.4, -0.2) is 22.9 Å². The first kappa shape index (κ1) is 14.1. The van der Waals surface area contributed by atoms with E-state index in [1.165, 1.54) is 0 Å². The summed E-state index contributed by atoms with van der Waals surface area (Å²) < 4.78 is 0. The van der Waals surface area contributed by atoms with Crippen molar-refractivity contribution in [1.29, 1.82) is 0 Å². The summed E-state index contributed by atoms with van der Waals surface area (Å²) >= 11 is 0. The number of para-hydroxylation sites is 1. The lowest BCUT2D eigenvalue weighted by atomic mass is 10.0. The molecular formula is C15H17N2O3-. The van der Waals surface area contributed by atoms with E-state index in [9.17, 15) is 14.7 Å². The predicted octanol–water partition coefficient (Wildman–Crippen LogP) is 0.601. The lowest BCUT2D eigenvalue weighted by Crippen LogP contribution is -2.51. The number of hydrogen-bond donors (Lipinski definition) is 2. The molecule has 1 heterocycles. The normalized spacial score (nSPS) is 12.6. The highest BCUT2D eigenvalue weighted by atomic mass is 16.4. The van der Waals surface area contributed by atoms with Gasteiger partial charge in [0.2, 0.25) is 5.91 Å². The van der Waals surface area contributed by atoms with Crippen molar-refractivity contribution < 1.29 is 14.7 Å². The Morgan fingerprint density at radius 1 is 1.30 bits per heavy atom. The number of hydrogen-bond acceptors (Lipinski definition) is 3. The number of fused-ring (bicyclic) bond motifs is 1. The van der Waals surface area contributed by atoms with Crippen LogP contribution in [0.25, 0.3) is 10.9 Å². The number of carbonyl (C=O) groups excluding carboxylic acids is 2. The number of benzene rings is 1. The topological polar surface area (TPSA) is 85.0 Å². The fraction of sp³-hybridized carbons (Fsp3) is 0.333. The minimum atomic E-state index is -1.26. The average molecular weight is 273 g/mol. The molecule has 5 nitrogen and oxygen atoms in total. The summed E-state index contributed by atoms with van der Waals surface area (Å²) in [5.74, 6) is -1.79. The third-order valence-electron chi connectivity index (χ3n) is 3.26. The fourth-order valence-electron chi connectivity index (χ4n) is 2.17. The molecule has 0 unspecified atom stereocenters. The van der Waals surface area contributed by atoms with E-state index in [-0.39, 0.29) is 18.2 Å². The maximum atomic E-state index is 12.0. The van der Waals surface area contributed by atoms with Crippen LogP contribution < -0.4 is 10.4 Å². The van der Waals surface area contributed by atoms with Gasteiger partial charge in [0.25, 0.3) is 0 Å². The Balaban J connectivity index is 2.10. The Kier molecular flexibility index (Phi) is 4.08. The SMILES string of the molecule is CC(C)[C@@H](NC(=O)Cc1c[nH]c2ccccc12)C(=O)[O-]. The molecule has 20 heavy (non-hydrogen) atoms. The quantitative estimate of drug-likeness (QED) is 0.836. The molecule has 0 radical (unpaired) electrons. The third-order valence-corrected chi connectivity index (χ3v) is 3.26. The van der Waals surface area contributed by atoms with Crippen LogP contribution in [0.4, 0.5) is 0 Å². The molecule has 1 aromatic heterocycles. The number of H-pyrrole nitrogens is 1. The molecule has 0 aliphatic rings. The van der Waals surface area contributed by atoms with Gasteiger partial charge in [0.1, 0.15) is 0 Å². The Bertz CT molecular complexity index is 631. The standard InChI is InChI=1S/C15H18N2O3/c1-9(2)14(15(19)20)17-13(18)7-10-8-16-12-6-4-3-5-11(10)12/h3-6,8-9,14,16H,7H2,1-2H3,(H,17,18)(H,19,20)/p-1/t14-/m1/s1. The molecular weight excluding hydrogens is 256 g/mol. The number of aliphatic carboxylic acids is 1. The van der Waals surface area contributed by atoms with Crippen LogP contribution >= 0.6 is 0 Å². The van der Waals surface area contributed by atoms with Crippen molar-refractivity contribution in [3.05, 3.63) is 36.0 Å². The van der Waals surface area contributed by atoms with Crippen molar-refractivity contribution in [3.63, 3.8) is 0 Å². The summed E-state index contributed by atoms with van der Waals surface area (Å²) in [7, 11) is 0. The zero-order valence-electron chi connectivity index (χ0n) is 11.5. The van der Waals surface area contributed by atoms with Gasteiger partial charge in [-0.15, -0.1) is 0 Å². The molecule has 106 valence electrons. The highest BCUT2D eigenvalue weighted by molar-refractivity contribution is 5.90. The van der Waals surface area contributed by atoms with E-state index >= 15 is 0 Å². The Hall–Kier alpha value is -2.30. The smallest absolute Gasteiger partial charge is 0.225 e. The van der Waals surface area contributed by atoms with Gasteiger partial charge in [-0.05, 0) is 17.5 Å². The molecule has 2 aromatic rings. The van der Waals surface area contributed by atoms with Crippen LogP contribution in [0.5, 0.6) is 0 Å². The second-order valence-electron chi connectivity index (χ2n) is 5.14. The molecule has 2 rings (SSSR count). The van der Waals surface area contributed by atoms with E-state index in [4.69, 9.17) is 0 Å². The summed E-state index contributed by atoms with van der Waals surface area (Å²) in [5, 5.41) is 14.4.